The van der Waals surface area contributed by atoms with Crippen LogP contribution in [0.4, 0.5) is 8.78 Å². The summed E-state index contributed by atoms with van der Waals surface area (Å²) in [6.07, 6.45) is 11.3. The molecule has 1 rings (SSSR count). The number of alkyl halides is 2. The van der Waals surface area contributed by atoms with Crippen LogP contribution < -0.4 is 4.74 Å². The van der Waals surface area contributed by atoms with Gasteiger partial charge in [-0.1, -0.05) is 76.1 Å². The molecule has 0 aliphatic carbocycles. The third-order valence-corrected chi connectivity index (χ3v) is 5.25. The second kappa shape index (κ2) is 14.2. The zero-order valence-corrected chi connectivity index (χ0v) is 16.4. The van der Waals surface area contributed by atoms with E-state index in [4.69, 9.17) is 4.74 Å². The van der Waals surface area contributed by atoms with Gasteiger partial charge in [0.1, 0.15) is 5.75 Å². The van der Waals surface area contributed by atoms with E-state index in [1.165, 1.54) is 44.9 Å². The zero-order valence-electron chi connectivity index (χ0n) is 15.6. The molecule has 142 valence electrons. The lowest BCUT2D eigenvalue weighted by molar-refractivity contribution is 0.199. The minimum absolute atomic E-state index is 0.157. The van der Waals surface area contributed by atoms with Gasteiger partial charge in [-0.25, -0.2) is 8.78 Å². The standard InChI is InChI=1S/C21H32F2OS/c1-3-4-5-6-7-8-9-10-11-12-13-20(21(22)23)25-19-16-14-18(24-2)15-17-19/h13-17,21H,3-12H2,1-2H3/b20-13-. The third kappa shape index (κ3) is 10.5. The van der Waals surface area contributed by atoms with E-state index >= 15 is 0 Å². The molecule has 0 saturated carbocycles. The van der Waals surface area contributed by atoms with Crippen molar-refractivity contribution in [3.63, 3.8) is 0 Å². The van der Waals surface area contributed by atoms with Crippen LogP contribution >= 0.6 is 11.8 Å². The Labute approximate surface area is 156 Å². The molecular weight excluding hydrogens is 338 g/mol. The lowest BCUT2D eigenvalue weighted by Crippen LogP contribution is -1.93. The summed E-state index contributed by atoms with van der Waals surface area (Å²) < 4.78 is 31.5. The van der Waals surface area contributed by atoms with Crippen LogP contribution in [-0.4, -0.2) is 13.5 Å². The van der Waals surface area contributed by atoms with Gasteiger partial charge >= 0.3 is 0 Å². The Hall–Kier alpha value is -1.03. The molecule has 0 bridgehead atoms. The van der Waals surface area contributed by atoms with Crippen LogP contribution in [0, 0.1) is 0 Å². The molecular formula is C21H32F2OS. The van der Waals surface area contributed by atoms with Gasteiger partial charge < -0.3 is 4.74 Å². The summed E-state index contributed by atoms with van der Waals surface area (Å²) in [5.41, 5.74) is 0. The number of hydrogen-bond acceptors (Lipinski definition) is 2. The lowest BCUT2D eigenvalue weighted by Gasteiger charge is -2.07. The van der Waals surface area contributed by atoms with E-state index in [9.17, 15) is 8.78 Å². The second-order valence-electron chi connectivity index (χ2n) is 6.30. The Morgan fingerprint density at radius 2 is 1.52 bits per heavy atom. The van der Waals surface area contributed by atoms with Crippen LogP contribution in [0.2, 0.25) is 0 Å². The molecule has 0 saturated heterocycles. The molecule has 0 fully saturated rings. The minimum atomic E-state index is -2.41. The van der Waals surface area contributed by atoms with Gasteiger partial charge in [0, 0.05) is 4.90 Å². The van der Waals surface area contributed by atoms with Crippen LogP contribution in [0.3, 0.4) is 0 Å². The average molecular weight is 371 g/mol. The molecule has 0 atom stereocenters. The molecule has 0 aliphatic heterocycles. The van der Waals surface area contributed by atoms with Gasteiger partial charge in [-0.05, 0) is 37.1 Å². The van der Waals surface area contributed by atoms with Gasteiger partial charge in [-0.3, -0.25) is 0 Å². The Bertz CT molecular complexity index is 471. The molecule has 0 heterocycles. The summed E-state index contributed by atoms with van der Waals surface area (Å²) in [6.45, 7) is 2.23. The van der Waals surface area contributed by atoms with Crippen LogP contribution in [-0.2, 0) is 0 Å². The van der Waals surface area contributed by atoms with E-state index in [0.717, 1.165) is 41.7 Å². The molecule has 0 N–H and O–H groups in total. The summed E-state index contributed by atoms with van der Waals surface area (Å²) in [7, 11) is 1.60. The van der Waals surface area contributed by atoms with E-state index in [2.05, 4.69) is 6.92 Å². The van der Waals surface area contributed by atoms with Gasteiger partial charge in [0.25, 0.3) is 6.43 Å². The maximum Gasteiger partial charge on any atom is 0.269 e. The topological polar surface area (TPSA) is 9.23 Å². The minimum Gasteiger partial charge on any atom is -0.497 e. The first-order chi connectivity index (χ1) is 12.2. The SMILES string of the molecule is CCCCCCCCCCC/C=C(\Sc1ccc(OC)cc1)C(F)F. The summed E-state index contributed by atoms with van der Waals surface area (Å²) in [5.74, 6) is 0.738. The number of thioether (sulfide) groups is 1. The van der Waals surface area contributed by atoms with Crippen molar-refractivity contribution in [2.45, 2.75) is 82.5 Å². The van der Waals surface area contributed by atoms with E-state index in [1.807, 2.05) is 12.1 Å². The van der Waals surface area contributed by atoms with Crippen LogP contribution in [0.5, 0.6) is 5.75 Å². The first-order valence-corrected chi connectivity index (χ1v) is 10.3. The van der Waals surface area contributed by atoms with Gasteiger partial charge in [-0.2, -0.15) is 0 Å². The van der Waals surface area contributed by atoms with Crippen molar-refractivity contribution in [3.8, 4) is 5.75 Å². The first-order valence-electron chi connectivity index (χ1n) is 9.47. The normalized spacial score (nSPS) is 12.0. The Kier molecular flexibility index (Phi) is 12.5. The summed E-state index contributed by atoms with van der Waals surface area (Å²) in [6, 6.07) is 7.23. The van der Waals surface area contributed by atoms with Crippen LogP contribution in [0.25, 0.3) is 0 Å². The molecule has 0 amide bonds. The first kappa shape index (κ1) is 22.0. The lowest BCUT2D eigenvalue weighted by atomic mass is 10.1. The quantitative estimate of drug-likeness (QED) is 0.243. The van der Waals surface area contributed by atoms with Crippen molar-refractivity contribution in [3.05, 3.63) is 35.2 Å². The Morgan fingerprint density at radius 1 is 0.960 bits per heavy atom. The highest BCUT2D eigenvalue weighted by molar-refractivity contribution is 8.03. The maximum atomic E-state index is 13.2. The predicted octanol–water partition coefficient (Wildman–Crippen LogP) is 7.86. The van der Waals surface area contributed by atoms with Crippen LogP contribution in [0.1, 0.15) is 71.1 Å². The van der Waals surface area contributed by atoms with Crippen molar-refractivity contribution in [1.82, 2.24) is 0 Å². The summed E-state index contributed by atoms with van der Waals surface area (Å²) in [5, 5.41) is 0. The summed E-state index contributed by atoms with van der Waals surface area (Å²) in [4.78, 5) is 0.976. The Balaban J connectivity index is 2.24. The average Bonchev–Trinajstić information content (AvgIpc) is 2.62. The molecule has 0 aliphatic rings. The van der Waals surface area contributed by atoms with E-state index in [1.54, 1.807) is 25.3 Å². The fourth-order valence-corrected chi connectivity index (χ4v) is 3.49. The van der Waals surface area contributed by atoms with Crippen molar-refractivity contribution in [1.29, 1.82) is 0 Å². The number of unbranched alkanes of at least 4 members (excludes halogenated alkanes) is 9. The zero-order chi connectivity index (χ0) is 18.3. The van der Waals surface area contributed by atoms with Crippen molar-refractivity contribution < 1.29 is 13.5 Å². The molecule has 0 radical (unpaired) electrons. The van der Waals surface area contributed by atoms with Crippen molar-refractivity contribution in [2.75, 3.05) is 7.11 Å². The number of rotatable bonds is 14. The second-order valence-corrected chi connectivity index (χ2v) is 7.45. The smallest absolute Gasteiger partial charge is 0.269 e. The Morgan fingerprint density at radius 3 is 2.04 bits per heavy atom. The largest absolute Gasteiger partial charge is 0.497 e. The van der Waals surface area contributed by atoms with E-state index in [0.29, 0.717) is 0 Å². The monoisotopic (exact) mass is 370 g/mol. The molecule has 25 heavy (non-hydrogen) atoms. The fourth-order valence-electron chi connectivity index (χ4n) is 2.65. The number of methoxy groups -OCH3 is 1. The predicted molar refractivity (Wildman–Crippen MR) is 105 cm³/mol. The van der Waals surface area contributed by atoms with Gasteiger partial charge in [0.15, 0.2) is 0 Å². The maximum absolute atomic E-state index is 13.2. The van der Waals surface area contributed by atoms with Gasteiger partial charge in [0.2, 0.25) is 0 Å². The number of ether oxygens (including phenoxy) is 1. The molecule has 4 heteroatoms. The van der Waals surface area contributed by atoms with E-state index < -0.39 is 6.43 Å². The molecule has 1 aromatic carbocycles. The number of hydrogen-bond donors (Lipinski definition) is 0. The number of benzene rings is 1. The van der Waals surface area contributed by atoms with Gasteiger partial charge in [0.05, 0.1) is 12.0 Å². The van der Waals surface area contributed by atoms with Crippen LogP contribution in [0.15, 0.2) is 40.1 Å². The van der Waals surface area contributed by atoms with Crippen molar-refractivity contribution in [2.24, 2.45) is 0 Å². The van der Waals surface area contributed by atoms with Crippen molar-refractivity contribution >= 4 is 11.8 Å². The number of allylic oxidation sites excluding steroid dienone is 2. The fraction of sp³-hybridized carbons (Fsp3) is 0.619. The molecule has 1 nitrogen and oxygen atoms in total. The third-order valence-electron chi connectivity index (χ3n) is 4.16. The molecule has 0 unspecified atom stereocenters. The molecule has 0 spiro atoms. The van der Waals surface area contributed by atoms with E-state index in [-0.39, 0.29) is 4.91 Å². The molecule has 1 aromatic rings. The summed E-state index contributed by atoms with van der Waals surface area (Å²) >= 11 is 1.15. The molecule has 0 aromatic heterocycles. The number of halogens is 2. The highest BCUT2D eigenvalue weighted by Gasteiger charge is 2.12. The van der Waals surface area contributed by atoms with Gasteiger partial charge in [-0.15, -0.1) is 0 Å². The highest BCUT2D eigenvalue weighted by atomic mass is 32.2. The highest BCUT2D eigenvalue weighted by Crippen LogP contribution is 2.32.